The summed E-state index contributed by atoms with van der Waals surface area (Å²) in [6, 6.07) is 11.8. The number of para-hydroxylation sites is 1. The summed E-state index contributed by atoms with van der Waals surface area (Å²) in [5.41, 5.74) is 1.89. The quantitative estimate of drug-likeness (QED) is 0.649. The standard InChI is InChI=1S/C18H20N4OS2/c1-4-22-16(15-10-7-11-24-15)20-21-18(22)25-13(3)17(23)19-14-9-6-5-8-12(14)2/h5-11,13H,4H2,1-3H3,(H,19,23). The van der Waals surface area contributed by atoms with Crippen molar-refractivity contribution in [2.45, 2.75) is 37.7 Å². The second-order valence-corrected chi connectivity index (χ2v) is 7.85. The van der Waals surface area contributed by atoms with Crippen LogP contribution >= 0.6 is 23.1 Å². The third-order valence-electron chi connectivity index (χ3n) is 3.83. The van der Waals surface area contributed by atoms with Gasteiger partial charge in [0.05, 0.1) is 10.1 Å². The summed E-state index contributed by atoms with van der Waals surface area (Å²) >= 11 is 3.06. The zero-order chi connectivity index (χ0) is 17.8. The van der Waals surface area contributed by atoms with Crippen molar-refractivity contribution >= 4 is 34.7 Å². The second-order valence-electron chi connectivity index (χ2n) is 5.59. The maximum absolute atomic E-state index is 12.5. The molecule has 1 N–H and O–H groups in total. The number of rotatable bonds is 6. The fraction of sp³-hybridized carbons (Fsp3) is 0.278. The van der Waals surface area contributed by atoms with Gasteiger partial charge in [-0.2, -0.15) is 0 Å². The molecule has 2 heterocycles. The number of amides is 1. The number of carbonyl (C=O) groups excluding carboxylic acids is 1. The average Bonchev–Trinajstić information content (AvgIpc) is 3.25. The molecule has 1 aromatic carbocycles. The van der Waals surface area contributed by atoms with Crippen LogP contribution in [0.4, 0.5) is 5.69 Å². The molecule has 1 unspecified atom stereocenters. The van der Waals surface area contributed by atoms with E-state index in [9.17, 15) is 4.79 Å². The molecule has 1 atom stereocenters. The maximum Gasteiger partial charge on any atom is 0.237 e. The molecule has 3 rings (SSSR count). The number of nitrogens with one attached hydrogen (secondary N) is 1. The van der Waals surface area contributed by atoms with Crippen LogP contribution in [0.3, 0.4) is 0 Å². The summed E-state index contributed by atoms with van der Waals surface area (Å²) in [7, 11) is 0. The molecule has 3 aromatic rings. The van der Waals surface area contributed by atoms with Gasteiger partial charge < -0.3 is 9.88 Å². The van der Waals surface area contributed by atoms with Gasteiger partial charge in [0.15, 0.2) is 11.0 Å². The molecule has 130 valence electrons. The Labute approximate surface area is 155 Å². The Morgan fingerprint density at radius 1 is 1.28 bits per heavy atom. The lowest BCUT2D eigenvalue weighted by atomic mass is 10.2. The first-order chi connectivity index (χ1) is 12.1. The second kappa shape index (κ2) is 7.84. The Kier molecular flexibility index (Phi) is 5.55. The minimum absolute atomic E-state index is 0.0392. The maximum atomic E-state index is 12.5. The minimum Gasteiger partial charge on any atom is -0.325 e. The number of aryl methyl sites for hydroxylation is 1. The van der Waals surface area contributed by atoms with E-state index >= 15 is 0 Å². The third kappa shape index (κ3) is 3.93. The molecule has 1 amide bonds. The molecule has 0 aliphatic carbocycles. The zero-order valence-corrected chi connectivity index (χ0v) is 16.0. The normalized spacial score (nSPS) is 12.1. The number of carbonyl (C=O) groups is 1. The number of nitrogens with zero attached hydrogens (tertiary/aromatic N) is 3. The summed E-state index contributed by atoms with van der Waals surface area (Å²) in [4.78, 5) is 13.6. The lowest BCUT2D eigenvalue weighted by molar-refractivity contribution is -0.115. The number of benzene rings is 1. The van der Waals surface area contributed by atoms with Gasteiger partial charge in [0.25, 0.3) is 0 Å². The van der Waals surface area contributed by atoms with E-state index in [2.05, 4.69) is 22.4 Å². The minimum atomic E-state index is -0.273. The number of hydrogen-bond acceptors (Lipinski definition) is 5. The van der Waals surface area contributed by atoms with E-state index in [0.717, 1.165) is 33.7 Å². The van der Waals surface area contributed by atoms with E-state index in [1.165, 1.54) is 11.8 Å². The van der Waals surface area contributed by atoms with Crippen molar-refractivity contribution in [2.75, 3.05) is 5.32 Å². The molecule has 5 nitrogen and oxygen atoms in total. The van der Waals surface area contributed by atoms with Gasteiger partial charge in [0.1, 0.15) is 0 Å². The molecule has 0 saturated carbocycles. The molecule has 0 radical (unpaired) electrons. The van der Waals surface area contributed by atoms with Crippen molar-refractivity contribution in [3.8, 4) is 10.7 Å². The zero-order valence-electron chi connectivity index (χ0n) is 14.4. The lowest BCUT2D eigenvalue weighted by Gasteiger charge is -2.13. The summed E-state index contributed by atoms with van der Waals surface area (Å²) in [5, 5.41) is 14.1. The van der Waals surface area contributed by atoms with Gasteiger partial charge in [0.2, 0.25) is 5.91 Å². The Morgan fingerprint density at radius 3 is 2.76 bits per heavy atom. The highest BCUT2D eigenvalue weighted by Crippen LogP contribution is 2.29. The van der Waals surface area contributed by atoms with Crippen molar-refractivity contribution in [3.05, 3.63) is 47.3 Å². The van der Waals surface area contributed by atoms with E-state index < -0.39 is 0 Å². The molecule has 25 heavy (non-hydrogen) atoms. The molecule has 0 fully saturated rings. The highest BCUT2D eigenvalue weighted by Gasteiger charge is 2.21. The van der Waals surface area contributed by atoms with Gasteiger partial charge in [-0.3, -0.25) is 4.79 Å². The number of thiophene rings is 1. The van der Waals surface area contributed by atoms with Crippen molar-refractivity contribution in [2.24, 2.45) is 0 Å². The highest BCUT2D eigenvalue weighted by molar-refractivity contribution is 8.00. The first kappa shape index (κ1) is 17.7. The van der Waals surface area contributed by atoms with Crippen LogP contribution in [0.2, 0.25) is 0 Å². The van der Waals surface area contributed by atoms with Crippen LogP contribution in [0.1, 0.15) is 19.4 Å². The van der Waals surface area contributed by atoms with Gasteiger partial charge in [-0.1, -0.05) is 36.0 Å². The first-order valence-electron chi connectivity index (χ1n) is 8.10. The largest absolute Gasteiger partial charge is 0.325 e. The van der Waals surface area contributed by atoms with Gasteiger partial charge >= 0.3 is 0 Å². The molecule has 0 bridgehead atoms. The van der Waals surface area contributed by atoms with Crippen molar-refractivity contribution in [1.82, 2.24) is 14.8 Å². The van der Waals surface area contributed by atoms with Crippen LogP contribution in [-0.2, 0) is 11.3 Å². The van der Waals surface area contributed by atoms with Crippen LogP contribution in [0, 0.1) is 6.92 Å². The number of aromatic nitrogens is 3. The van der Waals surface area contributed by atoms with E-state index in [1.54, 1.807) is 11.3 Å². The van der Waals surface area contributed by atoms with Gasteiger partial charge in [-0.05, 0) is 43.8 Å². The number of anilines is 1. The molecule has 0 saturated heterocycles. The number of thioether (sulfide) groups is 1. The molecular formula is C18H20N4OS2. The molecule has 7 heteroatoms. The van der Waals surface area contributed by atoms with Gasteiger partial charge in [-0.25, -0.2) is 0 Å². The fourth-order valence-electron chi connectivity index (χ4n) is 2.41. The predicted molar refractivity (Wildman–Crippen MR) is 104 cm³/mol. The Hall–Kier alpha value is -2.12. The Balaban J connectivity index is 1.74. The Morgan fingerprint density at radius 2 is 2.08 bits per heavy atom. The van der Waals surface area contributed by atoms with Crippen molar-refractivity contribution in [1.29, 1.82) is 0 Å². The summed E-state index contributed by atoms with van der Waals surface area (Å²) in [5.74, 6) is 0.814. The fourth-order valence-corrected chi connectivity index (χ4v) is 4.04. The molecule has 2 aromatic heterocycles. The van der Waals surface area contributed by atoms with E-state index in [1.807, 2.05) is 60.2 Å². The van der Waals surface area contributed by atoms with Crippen LogP contribution in [-0.4, -0.2) is 25.9 Å². The topological polar surface area (TPSA) is 59.8 Å². The molecular weight excluding hydrogens is 352 g/mol. The number of hydrogen-bond donors (Lipinski definition) is 1. The van der Waals surface area contributed by atoms with E-state index in [0.29, 0.717) is 0 Å². The van der Waals surface area contributed by atoms with Crippen molar-refractivity contribution in [3.63, 3.8) is 0 Å². The summed E-state index contributed by atoms with van der Waals surface area (Å²) in [6.07, 6.45) is 0. The molecule has 0 spiro atoms. The molecule has 0 aliphatic rings. The van der Waals surface area contributed by atoms with Crippen LogP contribution < -0.4 is 5.32 Å². The smallest absolute Gasteiger partial charge is 0.237 e. The van der Waals surface area contributed by atoms with Crippen LogP contribution in [0.5, 0.6) is 0 Å². The first-order valence-corrected chi connectivity index (χ1v) is 9.86. The highest BCUT2D eigenvalue weighted by atomic mass is 32.2. The Bertz CT molecular complexity index is 858. The third-order valence-corrected chi connectivity index (χ3v) is 5.78. The van der Waals surface area contributed by atoms with Gasteiger partial charge in [-0.15, -0.1) is 21.5 Å². The van der Waals surface area contributed by atoms with Crippen LogP contribution in [0.15, 0.2) is 46.9 Å². The van der Waals surface area contributed by atoms with Crippen LogP contribution in [0.25, 0.3) is 10.7 Å². The summed E-state index contributed by atoms with van der Waals surface area (Å²) < 4.78 is 2.05. The predicted octanol–water partition coefficient (Wildman–Crippen LogP) is 4.45. The summed E-state index contributed by atoms with van der Waals surface area (Å²) in [6.45, 7) is 6.68. The van der Waals surface area contributed by atoms with E-state index in [4.69, 9.17) is 0 Å². The SMILES string of the molecule is CCn1c(SC(C)C(=O)Nc2ccccc2C)nnc1-c1cccs1. The monoisotopic (exact) mass is 372 g/mol. The van der Waals surface area contributed by atoms with Gasteiger partial charge in [0, 0.05) is 12.2 Å². The molecule has 0 aliphatic heterocycles. The average molecular weight is 373 g/mol. The van der Waals surface area contributed by atoms with Crippen molar-refractivity contribution < 1.29 is 4.79 Å². The van der Waals surface area contributed by atoms with E-state index in [-0.39, 0.29) is 11.2 Å². The lowest BCUT2D eigenvalue weighted by Crippen LogP contribution is -2.23.